The first-order valence-electron chi connectivity index (χ1n) is 11.6. The minimum atomic E-state index is -3.89. The van der Waals surface area contributed by atoms with Crippen molar-refractivity contribution < 1.29 is 21.2 Å². The van der Waals surface area contributed by atoms with Crippen molar-refractivity contribution in [2.24, 2.45) is 0 Å². The monoisotopic (exact) mass is 584 g/mol. The van der Waals surface area contributed by atoms with Crippen molar-refractivity contribution in [1.82, 2.24) is 13.9 Å². The van der Waals surface area contributed by atoms with Crippen LogP contribution in [0, 0.1) is 12.7 Å². The van der Waals surface area contributed by atoms with Crippen molar-refractivity contribution in [3.05, 3.63) is 101 Å². The molecule has 200 valence electrons. The highest BCUT2D eigenvalue weighted by Gasteiger charge is 2.24. The molecule has 0 bridgehead atoms. The molecule has 0 aliphatic heterocycles. The van der Waals surface area contributed by atoms with Gasteiger partial charge in [0, 0.05) is 35.8 Å². The Labute approximate surface area is 230 Å². The van der Waals surface area contributed by atoms with Crippen molar-refractivity contribution in [1.29, 1.82) is 0 Å². The summed E-state index contributed by atoms with van der Waals surface area (Å²) in [5.74, 6) is -0.945. The SMILES string of the molecule is Cc1cnc(Nc2cccc(S(C)(=O)=O)c2F)cc1-c1cn(S(=O)(=O)Cc2ccccc2)c2c(Cl)nccc12. The quantitative estimate of drug-likeness (QED) is 0.243. The van der Waals surface area contributed by atoms with E-state index in [4.69, 9.17) is 11.6 Å². The van der Waals surface area contributed by atoms with E-state index in [1.54, 1.807) is 55.6 Å². The Morgan fingerprint density at radius 3 is 2.44 bits per heavy atom. The van der Waals surface area contributed by atoms with Crippen LogP contribution in [0.25, 0.3) is 22.0 Å². The molecule has 5 aromatic rings. The first kappa shape index (κ1) is 26.8. The molecule has 0 amide bonds. The zero-order chi connectivity index (χ0) is 27.9. The van der Waals surface area contributed by atoms with Gasteiger partial charge in [0.1, 0.15) is 16.2 Å². The Morgan fingerprint density at radius 2 is 1.72 bits per heavy atom. The lowest BCUT2D eigenvalue weighted by molar-refractivity contribution is 0.572. The lowest BCUT2D eigenvalue weighted by atomic mass is 10.0. The lowest BCUT2D eigenvalue weighted by Crippen LogP contribution is -2.14. The van der Waals surface area contributed by atoms with Gasteiger partial charge in [-0.1, -0.05) is 48.0 Å². The van der Waals surface area contributed by atoms with Crippen LogP contribution in [0.15, 0.2) is 84.1 Å². The van der Waals surface area contributed by atoms with Gasteiger partial charge in [-0.25, -0.2) is 35.2 Å². The van der Waals surface area contributed by atoms with Crippen LogP contribution in [0.4, 0.5) is 15.9 Å². The van der Waals surface area contributed by atoms with Crippen LogP contribution < -0.4 is 5.32 Å². The normalized spacial score (nSPS) is 12.1. The van der Waals surface area contributed by atoms with Gasteiger partial charge in [0.15, 0.2) is 20.8 Å². The van der Waals surface area contributed by atoms with E-state index in [2.05, 4.69) is 15.3 Å². The van der Waals surface area contributed by atoms with Crippen molar-refractivity contribution in [2.45, 2.75) is 17.6 Å². The highest BCUT2D eigenvalue weighted by Crippen LogP contribution is 2.37. The number of anilines is 2. The number of fused-ring (bicyclic) bond motifs is 1. The Kier molecular flexibility index (Phi) is 6.91. The molecule has 0 spiro atoms. The molecular weight excluding hydrogens is 563 g/mol. The molecule has 0 aliphatic rings. The average molecular weight is 585 g/mol. The summed E-state index contributed by atoms with van der Waals surface area (Å²) < 4.78 is 67.0. The van der Waals surface area contributed by atoms with Gasteiger partial charge in [-0.3, -0.25) is 0 Å². The van der Waals surface area contributed by atoms with Gasteiger partial charge in [-0.05, 0) is 47.9 Å². The highest BCUT2D eigenvalue weighted by molar-refractivity contribution is 7.90. The molecule has 0 radical (unpaired) electrons. The smallest absolute Gasteiger partial charge is 0.243 e. The van der Waals surface area contributed by atoms with Gasteiger partial charge >= 0.3 is 0 Å². The number of nitrogens with zero attached hydrogens (tertiary/aromatic N) is 3. The van der Waals surface area contributed by atoms with Gasteiger partial charge in [0.2, 0.25) is 10.0 Å². The second kappa shape index (κ2) is 10.1. The molecule has 8 nitrogen and oxygen atoms in total. The number of hydrogen-bond acceptors (Lipinski definition) is 7. The summed E-state index contributed by atoms with van der Waals surface area (Å²) in [7, 11) is -7.67. The molecule has 0 aliphatic carbocycles. The summed E-state index contributed by atoms with van der Waals surface area (Å²) in [4.78, 5) is 7.97. The third-order valence-electron chi connectivity index (χ3n) is 6.15. The number of aromatic nitrogens is 3. The summed E-state index contributed by atoms with van der Waals surface area (Å²) in [5.41, 5.74) is 2.68. The third-order valence-corrected chi connectivity index (χ3v) is 9.12. The number of halogens is 2. The first-order chi connectivity index (χ1) is 18.5. The van der Waals surface area contributed by atoms with Gasteiger partial charge in [-0.15, -0.1) is 0 Å². The Balaban J connectivity index is 1.62. The van der Waals surface area contributed by atoms with Crippen LogP contribution in [0.1, 0.15) is 11.1 Å². The predicted molar refractivity (Wildman–Crippen MR) is 150 cm³/mol. The average Bonchev–Trinajstić information content (AvgIpc) is 3.28. The third kappa shape index (κ3) is 5.25. The van der Waals surface area contributed by atoms with Crippen molar-refractivity contribution in [2.75, 3.05) is 11.6 Å². The number of sulfone groups is 1. The van der Waals surface area contributed by atoms with Crippen LogP contribution in [-0.4, -0.2) is 37.0 Å². The number of nitrogens with one attached hydrogen (secondary N) is 1. The van der Waals surface area contributed by atoms with Crippen molar-refractivity contribution >= 4 is 53.9 Å². The molecule has 0 saturated carbocycles. The van der Waals surface area contributed by atoms with E-state index in [9.17, 15) is 21.2 Å². The Morgan fingerprint density at radius 1 is 0.974 bits per heavy atom. The fourth-order valence-electron chi connectivity index (χ4n) is 4.31. The Bertz CT molecular complexity index is 1940. The molecule has 0 fully saturated rings. The van der Waals surface area contributed by atoms with E-state index in [0.717, 1.165) is 15.8 Å². The molecule has 0 unspecified atom stereocenters. The van der Waals surface area contributed by atoms with Crippen LogP contribution in [0.3, 0.4) is 0 Å². The van der Waals surface area contributed by atoms with Gasteiger partial charge in [-0.2, -0.15) is 0 Å². The van der Waals surface area contributed by atoms with Crippen LogP contribution >= 0.6 is 11.6 Å². The summed E-state index contributed by atoms with van der Waals surface area (Å²) in [6.45, 7) is 1.81. The van der Waals surface area contributed by atoms with Crippen molar-refractivity contribution in [3.63, 3.8) is 0 Å². The molecular formula is C27H22ClFN4O4S2. The van der Waals surface area contributed by atoms with E-state index in [-0.39, 0.29) is 27.9 Å². The molecule has 12 heteroatoms. The molecule has 3 heterocycles. The van der Waals surface area contributed by atoms with Crippen molar-refractivity contribution in [3.8, 4) is 11.1 Å². The minimum Gasteiger partial charge on any atom is -0.338 e. The zero-order valence-corrected chi connectivity index (χ0v) is 23.1. The van der Waals surface area contributed by atoms with E-state index in [0.29, 0.717) is 22.1 Å². The summed E-state index contributed by atoms with van der Waals surface area (Å²) in [6, 6.07) is 16.1. The fraction of sp³-hybridized carbons (Fsp3) is 0.111. The maximum Gasteiger partial charge on any atom is 0.243 e. The van der Waals surface area contributed by atoms with E-state index in [1.165, 1.54) is 30.6 Å². The van der Waals surface area contributed by atoms with Crippen LogP contribution in [0.2, 0.25) is 5.15 Å². The second-order valence-electron chi connectivity index (χ2n) is 8.98. The van der Waals surface area contributed by atoms with Gasteiger partial charge in [0.05, 0.1) is 11.4 Å². The number of pyridine rings is 2. The second-order valence-corrected chi connectivity index (χ2v) is 13.2. The molecule has 0 atom stereocenters. The number of hydrogen-bond donors (Lipinski definition) is 1. The standard InChI is InChI=1S/C27H22ClFN4O4S2/c1-17-14-31-24(32-22-9-6-10-23(25(22)29)38(2,34)35)13-20(17)21-15-33(26-19(21)11-12-30-27(26)28)39(36,37)16-18-7-4-3-5-8-18/h3-15H,16H2,1-2H3,(H,31,32). The predicted octanol–water partition coefficient (Wildman–Crippen LogP) is 5.72. The summed E-state index contributed by atoms with van der Waals surface area (Å²) >= 11 is 6.41. The summed E-state index contributed by atoms with van der Waals surface area (Å²) in [6.07, 6.45) is 5.47. The zero-order valence-electron chi connectivity index (χ0n) is 20.8. The highest BCUT2D eigenvalue weighted by atomic mass is 35.5. The maximum absolute atomic E-state index is 15.0. The number of benzene rings is 2. The van der Waals surface area contributed by atoms with Gasteiger partial charge in [0.25, 0.3) is 0 Å². The molecule has 5 rings (SSSR count). The molecule has 39 heavy (non-hydrogen) atoms. The fourth-order valence-corrected chi connectivity index (χ4v) is 6.85. The van der Waals surface area contributed by atoms with E-state index in [1.807, 2.05) is 0 Å². The van der Waals surface area contributed by atoms with Gasteiger partial charge < -0.3 is 5.32 Å². The van der Waals surface area contributed by atoms with Crippen LogP contribution in [0.5, 0.6) is 0 Å². The largest absolute Gasteiger partial charge is 0.338 e. The topological polar surface area (TPSA) is 111 Å². The molecule has 1 N–H and O–H groups in total. The first-order valence-corrected chi connectivity index (χ1v) is 15.5. The summed E-state index contributed by atoms with van der Waals surface area (Å²) in [5, 5.41) is 3.42. The number of aryl methyl sites for hydroxylation is 1. The minimum absolute atomic E-state index is 0.0279. The molecule has 2 aromatic carbocycles. The molecule has 0 saturated heterocycles. The van der Waals surface area contributed by atoms with E-state index >= 15 is 0 Å². The number of rotatable bonds is 7. The lowest BCUT2D eigenvalue weighted by Gasteiger charge is -2.12. The maximum atomic E-state index is 15.0. The van der Waals surface area contributed by atoms with E-state index < -0.39 is 30.6 Å². The Hall–Kier alpha value is -3.80. The molecule has 3 aromatic heterocycles. The van der Waals surface area contributed by atoms with Crippen LogP contribution in [-0.2, 0) is 25.6 Å².